The Bertz CT molecular complexity index is 839. The van der Waals surface area contributed by atoms with Gasteiger partial charge in [0.1, 0.15) is 6.10 Å². The molecular formula is C47H84O4. The van der Waals surface area contributed by atoms with E-state index in [1.807, 2.05) is 0 Å². The normalized spacial score (nSPS) is 12.9. The van der Waals surface area contributed by atoms with E-state index < -0.39 is 6.10 Å². The molecule has 1 atom stereocenters. The van der Waals surface area contributed by atoms with Crippen molar-refractivity contribution < 1.29 is 19.4 Å². The molecule has 0 aliphatic heterocycles. The standard InChI is InChI=1S/C47H84O4/c1-3-5-7-9-11-13-15-17-19-20-21-22-23-24-25-26-27-29-31-33-35-37-39-41-43-50-45-46(44-48)51-47(49)42-40-38-36-34-32-30-28-18-16-14-12-10-8-6-4-2/h5,7,11,13,17,19,21-22,24-25,46,48H,3-4,6,8-10,12,14-16,18,20,23,26-45H2,1-2H3/b7-5-,13-11-,19-17-,22-21-,25-24-. The van der Waals surface area contributed by atoms with Crippen LogP contribution in [0.25, 0.3) is 0 Å². The smallest absolute Gasteiger partial charge is 0.306 e. The van der Waals surface area contributed by atoms with Crippen molar-refractivity contribution in [3.63, 3.8) is 0 Å². The van der Waals surface area contributed by atoms with Gasteiger partial charge in [0.05, 0.1) is 13.2 Å². The Balaban J connectivity index is 3.46. The molecule has 0 aromatic rings. The van der Waals surface area contributed by atoms with Gasteiger partial charge in [-0.1, -0.05) is 203 Å². The van der Waals surface area contributed by atoms with Gasteiger partial charge in [0.25, 0.3) is 0 Å². The maximum atomic E-state index is 12.2. The van der Waals surface area contributed by atoms with Crippen LogP contribution in [0.15, 0.2) is 60.8 Å². The molecule has 0 spiro atoms. The first-order chi connectivity index (χ1) is 25.2. The van der Waals surface area contributed by atoms with Crippen LogP contribution in [0.1, 0.15) is 206 Å². The van der Waals surface area contributed by atoms with Crippen LogP contribution < -0.4 is 0 Å². The molecule has 4 nitrogen and oxygen atoms in total. The lowest BCUT2D eigenvalue weighted by molar-refractivity contribution is -0.154. The van der Waals surface area contributed by atoms with Gasteiger partial charge in [-0.3, -0.25) is 4.79 Å². The first-order valence-electron chi connectivity index (χ1n) is 21.9. The van der Waals surface area contributed by atoms with E-state index in [2.05, 4.69) is 74.6 Å². The van der Waals surface area contributed by atoms with Gasteiger partial charge in [-0.2, -0.15) is 0 Å². The Hall–Kier alpha value is -1.91. The first kappa shape index (κ1) is 49.1. The largest absolute Gasteiger partial charge is 0.457 e. The van der Waals surface area contributed by atoms with Gasteiger partial charge in [-0.15, -0.1) is 0 Å². The molecule has 0 bridgehead atoms. The summed E-state index contributed by atoms with van der Waals surface area (Å²) in [7, 11) is 0. The molecule has 0 aliphatic rings. The molecule has 0 aromatic carbocycles. The summed E-state index contributed by atoms with van der Waals surface area (Å²) in [5.74, 6) is -0.204. The third-order valence-electron chi connectivity index (χ3n) is 9.36. The fourth-order valence-electron chi connectivity index (χ4n) is 6.12. The quantitative estimate of drug-likeness (QED) is 0.0390. The average molecular weight is 713 g/mol. The minimum atomic E-state index is -0.538. The number of hydrogen-bond acceptors (Lipinski definition) is 4. The van der Waals surface area contributed by atoms with Crippen molar-refractivity contribution in [3.8, 4) is 0 Å². The monoisotopic (exact) mass is 713 g/mol. The number of carbonyl (C=O) groups is 1. The molecule has 296 valence electrons. The van der Waals surface area contributed by atoms with Crippen LogP contribution in [0.4, 0.5) is 0 Å². The van der Waals surface area contributed by atoms with Gasteiger partial charge in [0.15, 0.2) is 0 Å². The van der Waals surface area contributed by atoms with Crippen LogP contribution in [0, 0.1) is 0 Å². The number of unbranched alkanes of at least 4 members (excludes halogenated alkanes) is 22. The van der Waals surface area contributed by atoms with E-state index in [0.29, 0.717) is 19.6 Å². The summed E-state index contributed by atoms with van der Waals surface area (Å²) in [5, 5.41) is 9.60. The van der Waals surface area contributed by atoms with E-state index in [-0.39, 0.29) is 12.6 Å². The van der Waals surface area contributed by atoms with E-state index in [4.69, 9.17) is 9.47 Å². The third kappa shape index (κ3) is 42.4. The zero-order valence-corrected chi connectivity index (χ0v) is 33.9. The highest BCUT2D eigenvalue weighted by molar-refractivity contribution is 5.69. The van der Waals surface area contributed by atoms with Crippen molar-refractivity contribution >= 4 is 5.97 Å². The molecule has 0 aromatic heterocycles. The number of rotatable bonds is 40. The Kier molecular flexibility index (Phi) is 42.6. The van der Waals surface area contributed by atoms with Gasteiger partial charge in [0.2, 0.25) is 0 Å². The lowest BCUT2D eigenvalue weighted by Gasteiger charge is -2.16. The molecule has 0 radical (unpaired) electrons. The van der Waals surface area contributed by atoms with Crippen LogP contribution >= 0.6 is 0 Å². The SMILES string of the molecule is CC/C=C\C/C=C\C/C=C\C/C=C\C/C=C\CCCCCCCCCCOCC(CO)OC(=O)CCCCCCCCCCCCCCCCC. The van der Waals surface area contributed by atoms with Crippen molar-refractivity contribution in [1.29, 1.82) is 0 Å². The second kappa shape index (κ2) is 44.3. The molecule has 0 saturated carbocycles. The van der Waals surface area contributed by atoms with E-state index in [1.54, 1.807) is 0 Å². The third-order valence-corrected chi connectivity index (χ3v) is 9.36. The molecule has 0 fully saturated rings. The van der Waals surface area contributed by atoms with Gasteiger partial charge in [-0.25, -0.2) is 0 Å². The van der Waals surface area contributed by atoms with Crippen molar-refractivity contribution in [2.45, 2.75) is 213 Å². The number of carbonyl (C=O) groups excluding carboxylic acids is 1. The lowest BCUT2D eigenvalue weighted by atomic mass is 10.0. The summed E-state index contributed by atoms with van der Waals surface area (Å²) in [6, 6.07) is 0. The van der Waals surface area contributed by atoms with Gasteiger partial charge in [-0.05, 0) is 57.8 Å². The van der Waals surface area contributed by atoms with E-state index in [0.717, 1.165) is 51.4 Å². The highest BCUT2D eigenvalue weighted by atomic mass is 16.6. The summed E-state index contributed by atoms with van der Waals surface area (Å²) in [4.78, 5) is 12.2. The zero-order valence-electron chi connectivity index (χ0n) is 33.9. The summed E-state index contributed by atoms with van der Waals surface area (Å²) in [5.41, 5.74) is 0. The molecule has 0 aliphatic carbocycles. The average Bonchev–Trinajstić information content (AvgIpc) is 3.14. The second-order valence-corrected chi connectivity index (χ2v) is 14.4. The molecule has 0 saturated heterocycles. The molecule has 51 heavy (non-hydrogen) atoms. The highest BCUT2D eigenvalue weighted by Gasteiger charge is 2.13. The number of ether oxygens (including phenoxy) is 2. The Morgan fingerprint density at radius 2 is 0.882 bits per heavy atom. The predicted octanol–water partition coefficient (Wildman–Crippen LogP) is 14.4. The minimum Gasteiger partial charge on any atom is -0.457 e. The first-order valence-corrected chi connectivity index (χ1v) is 21.9. The molecule has 1 unspecified atom stereocenters. The summed E-state index contributed by atoms with van der Waals surface area (Å²) < 4.78 is 11.2. The van der Waals surface area contributed by atoms with Crippen LogP contribution in [-0.2, 0) is 14.3 Å². The summed E-state index contributed by atoms with van der Waals surface area (Å²) in [6.07, 6.45) is 58.5. The van der Waals surface area contributed by atoms with Crippen molar-refractivity contribution in [2.24, 2.45) is 0 Å². The second-order valence-electron chi connectivity index (χ2n) is 14.4. The fraction of sp³-hybridized carbons (Fsp3) is 0.766. The minimum absolute atomic E-state index is 0.175. The Morgan fingerprint density at radius 1 is 0.490 bits per heavy atom. The Labute approximate surface area is 317 Å². The molecular weight excluding hydrogens is 629 g/mol. The van der Waals surface area contributed by atoms with Crippen LogP contribution in [-0.4, -0.2) is 37.0 Å². The maximum absolute atomic E-state index is 12.2. The van der Waals surface area contributed by atoms with Crippen molar-refractivity contribution in [2.75, 3.05) is 19.8 Å². The lowest BCUT2D eigenvalue weighted by Crippen LogP contribution is -2.27. The number of allylic oxidation sites excluding steroid dienone is 10. The van der Waals surface area contributed by atoms with E-state index >= 15 is 0 Å². The van der Waals surface area contributed by atoms with Gasteiger partial charge >= 0.3 is 5.97 Å². The summed E-state index contributed by atoms with van der Waals surface area (Å²) in [6.45, 7) is 5.23. The van der Waals surface area contributed by atoms with Gasteiger partial charge in [0, 0.05) is 13.0 Å². The topological polar surface area (TPSA) is 55.8 Å². The maximum Gasteiger partial charge on any atom is 0.306 e. The molecule has 0 heterocycles. The molecule has 1 N–H and O–H groups in total. The zero-order chi connectivity index (χ0) is 37.0. The molecule has 0 rings (SSSR count). The Morgan fingerprint density at radius 3 is 1.33 bits per heavy atom. The van der Waals surface area contributed by atoms with Crippen molar-refractivity contribution in [3.05, 3.63) is 60.8 Å². The summed E-state index contributed by atoms with van der Waals surface area (Å²) >= 11 is 0. The number of aliphatic hydroxyl groups excluding tert-OH is 1. The number of hydrogen-bond donors (Lipinski definition) is 1. The van der Waals surface area contributed by atoms with E-state index in [1.165, 1.54) is 135 Å². The molecule has 4 heteroatoms. The molecule has 0 amide bonds. The van der Waals surface area contributed by atoms with Crippen LogP contribution in [0.2, 0.25) is 0 Å². The van der Waals surface area contributed by atoms with Crippen LogP contribution in [0.5, 0.6) is 0 Å². The van der Waals surface area contributed by atoms with Crippen molar-refractivity contribution in [1.82, 2.24) is 0 Å². The highest BCUT2D eigenvalue weighted by Crippen LogP contribution is 2.14. The number of aliphatic hydroxyl groups is 1. The fourth-order valence-corrected chi connectivity index (χ4v) is 6.12. The van der Waals surface area contributed by atoms with E-state index in [9.17, 15) is 9.90 Å². The van der Waals surface area contributed by atoms with Crippen LogP contribution in [0.3, 0.4) is 0 Å². The predicted molar refractivity (Wildman–Crippen MR) is 223 cm³/mol. The number of esters is 1. The van der Waals surface area contributed by atoms with Gasteiger partial charge < -0.3 is 14.6 Å².